The molecule has 5 nitrogen and oxygen atoms in total. The zero-order chi connectivity index (χ0) is 12.1. The molecule has 0 spiro atoms. The molecule has 3 N–H and O–H groups in total. The number of nitrogens with one attached hydrogen (secondary N) is 1. The van der Waals surface area contributed by atoms with E-state index in [0.29, 0.717) is 11.9 Å². The summed E-state index contributed by atoms with van der Waals surface area (Å²) in [6.07, 6.45) is 3.33. The topological polar surface area (TPSA) is 76.7 Å². The molecule has 0 aromatic carbocycles. The summed E-state index contributed by atoms with van der Waals surface area (Å²) in [4.78, 5) is 12.5. The fourth-order valence-corrected chi connectivity index (χ4v) is 3.07. The third kappa shape index (κ3) is 3.73. The zero-order valence-corrected chi connectivity index (χ0v) is 11.0. The molecule has 0 amide bonds. The van der Waals surface area contributed by atoms with Gasteiger partial charge in [-0.15, -0.1) is 0 Å². The number of aryl methyl sites for hydroxylation is 1. The van der Waals surface area contributed by atoms with Gasteiger partial charge in [-0.1, -0.05) is 6.92 Å². The van der Waals surface area contributed by atoms with Gasteiger partial charge in [-0.05, 0) is 30.3 Å². The van der Waals surface area contributed by atoms with Crippen molar-refractivity contribution in [2.75, 3.05) is 29.1 Å². The molecule has 1 aliphatic heterocycles. The molecule has 1 saturated heterocycles. The van der Waals surface area contributed by atoms with Crippen LogP contribution in [0.2, 0.25) is 0 Å². The molecule has 6 heteroatoms. The average Bonchev–Trinajstić information content (AvgIpc) is 2.37. The van der Waals surface area contributed by atoms with Crippen LogP contribution >= 0.6 is 11.8 Å². The third-order valence-electron chi connectivity index (χ3n) is 2.90. The monoisotopic (exact) mass is 253 g/mol. The van der Waals surface area contributed by atoms with E-state index in [1.807, 2.05) is 18.7 Å². The van der Waals surface area contributed by atoms with Gasteiger partial charge in [0, 0.05) is 13.0 Å². The van der Waals surface area contributed by atoms with Gasteiger partial charge >= 0.3 is 0 Å². The van der Waals surface area contributed by atoms with E-state index in [-0.39, 0.29) is 0 Å². The molecule has 0 unspecified atom stereocenters. The number of aromatic nitrogens is 3. The van der Waals surface area contributed by atoms with Crippen LogP contribution in [0.25, 0.3) is 0 Å². The lowest BCUT2D eigenvalue weighted by atomic mass is 10.0. The van der Waals surface area contributed by atoms with Crippen molar-refractivity contribution in [2.24, 2.45) is 5.92 Å². The zero-order valence-electron chi connectivity index (χ0n) is 10.1. The molecule has 1 fully saturated rings. The highest BCUT2D eigenvalue weighted by molar-refractivity contribution is 7.99. The molecule has 2 heterocycles. The van der Waals surface area contributed by atoms with Gasteiger partial charge in [0.25, 0.3) is 0 Å². The Morgan fingerprint density at radius 3 is 2.76 bits per heavy atom. The summed E-state index contributed by atoms with van der Waals surface area (Å²) in [7, 11) is 0. The number of rotatable bonds is 4. The van der Waals surface area contributed by atoms with Gasteiger partial charge in [0.1, 0.15) is 5.82 Å². The highest BCUT2D eigenvalue weighted by Gasteiger charge is 2.14. The second kappa shape index (κ2) is 6.05. The van der Waals surface area contributed by atoms with Crippen LogP contribution in [0.1, 0.15) is 25.6 Å². The van der Waals surface area contributed by atoms with Crippen LogP contribution in [-0.4, -0.2) is 33.0 Å². The highest BCUT2D eigenvalue weighted by Crippen LogP contribution is 2.22. The minimum atomic E-state index is 0.304. The molecule has 94 valence electrons. The highest BCUT2D eigenvalue weighted by atomic mass is 32.2. The van der Waals surface area contributed by atoms with Crippen molar-refractivity contribution in [1.29, 1.82) is 0 Å². The van der Waals surface area contributed by atoms with Gasteiger partial charge in [-0.2, -0.15) is 26.7 Å². The number of hydrogen-bond acceptors (Lipinski definition) is 6. The minimum absolute atomic E-state index is 0.304. The smallest absolute Gasteiger partial charge is 0.227 e. The first kappa shape index (κ1) is 12.4. The van der Waals surface area contributed by atoms with E-state index in [1.54, 1.807) is 0 Å². The first-order valence-electron chi connectivity index (χ1n) is 6.10. The molecule has 0 aliphatic carbocycles. The Morgan fingerprint density at radius 2 is 2.06 bits per heavy atom. The van der Waals surface area contributed by atoms with E-state index in [0.717, 1.165) is 24.7 Å². The van der Waals surface area contributed by atoms with Gasteiger partial charge < -0.3 is 11.1 Å². The maximum atomic E-state index is 5.64. The Kier molecular flexibility index (Phi) is 4.42. The van der Waals surface area contributed by atoms with Crippen molar-refractivity contribution < 1.29 is 0 Å². The van der Waals surface area contributed by atoms with Gasteiger partial charge in [0.15, 0.2) is 0 Å². The van der Waals surface area contributed by atoms with Crippen molar-refractivity contribution in [2.45, 2.75) is 26.2 Å². The Bertz CT molecular complexity index is 365. The van der Waals surface area contributed by atoms with Gasteiger partial charge in [-0.3, -0.25) is 0 Å². The molecule has 1 aromatic rings. The lowest BCUT2D eigenvalue weighted by Crippen LogP contribution is -2.20. The van der Waals surface area contributed by atoms with Crippen molar-refractivity contribution in [3.8, 4) is 0 Å². The molecule has 2 rings (SSSR count). The van der Waals surface area contributed by atoms with Crippen molar-refractivity contribution in [1.82, 2.24) is 15.0 Å². The first-order chi connectivity index (χ1) is 8.28. The Morgan fingerprint density at radius 1 is 1.29 bits per heavy atom. The normalized spacial score (nSPS) is 17.0. The van der Waals surface area contributed by atoms with Gasteiger partial charge in [0.05, 0.1) is 0 Å². The summed E-state index contributed by atoms with van der Waals surface area (Å²) >= 11 is 2.04. The molecule has 0 radical (unpaired) electrons. The van der Waals surface area contributed by atoms with Crippen LogP contribution in [0, 0.1) is 5.92 Å². The largest absolute Gasteiger partial charge is 0.368 e. The Labute approximate surface area is 106 Å². The Hall–Kier alpha value is -1.04. The number of hydrogen-bond donors (Lipinski definition) is 2. The molecule has 17 heavy (non-hydrogen) atoms. The fraction of sp³-hybridized carbons (Fsp3) is 0.727. The van der Waals surface area contributed by atoms with Crippen molar-refractivity contribution in [3.05, 3.63) is 5.82 Å². The van der Waals surface area contributed by atoms with Crippen LogP contribution in [-0.2, 0) is 6.42 Å². The lowest BCUT2D eigenvalue weighted by molar-refractivity contribution is 0.514. The van der Waals surface area contributed by atoms with Crippen molar-refractivity contribution >= 4 is 23.7 Å². The van der Waals surface area contributed by atoms with Crippen LogP contribution < -0.4 is 11.1 Å². The molecule has 0 saturated carbocycles. The second-order valence-electron chi connectivity index (χ2n) is 4.22. The maximum Gasteiger partial charge on any atom is 0.227 e. The van der Waals surface area contributed by atoms with Gasteiger partial charge in [-0.25, -0.2) is 0 Å². The van der Waals surface area contributed by atoms with Crippen LogP contribution in [0.3, 0.4) is 0 Å². The van der Waals surface area contributed by atoms with Gasteiger partial charge in [0.2, 0.25) is 11.9 Å². The summed E-state index contributed by atoms with van der Waals surface area (Å²) in [6.45, 7) is 2.95. The molecule has 0 bridgehead atoms. The predicted octanol–water partition coefficient (Wildman–Crippen LogP) is 1.57. The molecular weight excluding hydrogens is 234 g/mol. The summed E-state index contributed by atoms with van der Waals surface area (Å²) in [5.74, 6) is 4.95. The number of nitrogen functional groups attached to an aromatic ring is 1. The van der Waals surface area contributed by atoms with E-state index < -0.39 is 0 Å². The van der Waals surface area contributed by atoms with Crippen LogP contribution in [0.5, 0.6) is 0 Å². The first-order valence-corrected chi connectivity index (χ1v) is 7.25. The predicted molar refractivity (Wildman–Crippen MR) is 72.2 cm³/mol. The summed E-state index contributed by atoms with van der Waals surface area (Å²) in [5.41, 5.74) is 5.64. The Balaban J connectivity index is 1.91. The third-order valence-corrected chi connectivity index (χ3v) is 3.95. The lowest BCUT2D eigenvalue weighted by Gasteiger charge is -2.21. The summed E-state index contributed by atoms with van der Waals surface area (Å²) in [6, 6.07) is 0. The maximum absolute atomic E-state index is 5.64. The summed E-state index contributed by atoms with van der Waals surface area (Å²) < 4.78 is 0. The molecule has 1 aliphatic rings. The van der Waals surface area contributed by atoms with E-state index in [4.69, 9.17) is 5.73 Å². The van der Waals surface area contributed by atoms with E-state index in [9.17, 15) is 0 Å². The number of nitrogens with zero attached hydrogens (tertiary/aromatic N) is 3. The van der Waals surface area contributed by atoms with Crippen LogP contribution in [0.4, 0.5) is 11.9 Å². The number of thioether (sulfide) groups is 1. The van der Waals surface area contributed by atoms with E-state index in [2.05, 4.69) is 20.3 Å². The standard InChI is InChI=1S/C11H19N5S/c1-2-9-14-10(12)16-11(15-9)13-7-8-3-5-17-6-4-8/h8H,2-7H2,1H3,(H3,12,13,14,15,16). The second-order valence-corrected chi connectivity index (χ2v) is 5.45. The summed E-state index contributed by atoms with van der Waals surface area (Å²) in [5, 5.41) is 3.28. The quantitative estimate of drug-likeness (QED) is 0.848. The van der Waals surface area contributed by atoms with Crippen LogP contribution in [0.15, 0.2) is 0 Å². The van der Waals surface area contributed by atoms with E-state index in [1.165, 1.54) is 24.3 Å². The minimum Gasteiger partial charge on any atom is -0.368 e. The molecular formula is C11H19N5S. The SMILES string of the molecule is CCc1nc(N)nc(NCC2CCSCC2)n1. The molecule has 1 aromatic heterocycles. The number of anilines is 2. The van der Waals surface area contributed by atoms with Crippen molar-refractivity contribution in [3.63, 3.8) is 0 Å². The molecule has 0 atom stereocenters. The fourth-order valence-electron chi connectivity index (χ4n) is 1.86. The average molecular weight is 253 g/mol. The number of nitrogens with two attached hydrogens (primary N) is 1. The van der Waals surface area contributed by atoms with E-state index >= 15 is 0 Å².